The van der Waals surface area contributed by atoms with E-state index in [0.29, 0.717) is 0 Å². The fourth-order valence-corrected chi connectivity index (χ4v) is 2.22. The first-order chi connectivity index (χ1) is 7.63. The summed E-state index contributed by atoms with van der Waals surface area (Å²) in [5.41, 5.74) is 0. The van der Waals surface area contributed by atoms with E-state index in [1.807, 2.05) is 0 Å². The van der Waals surface area contributed by atoms with Crippen LogP contribution in [0.1, 0.15) is 20.3 Å². The van der Waals surface area contributed by atoms with Gasteiger partial charge in [-0.1, -0.05) is 13.8 Å². The van der Waals surface area contributed by atoms with Crippen LogP contribution in [0.3, 0.4) is 0 Å². The highest BCUT2D eigenvalue weighted by Gasteiger charge is 2.24. The molecule has 1 heterocycles. The van der Waals surface area contributed by atoms with Crippen molar-refractivity contribution in [1.82, 2.24) is 15.1 Å². The molecule has 0 aromatic heterocycles. The van der Waals surface area contributed by atoms with Crippen LogP contribution in [0, 0.1) is 11.8 Å². The lowest BCUT2D eigenvalue weighted by molar-refractivity contribution is 0.157. The standard InChI is InChI=1S/C13H29N3/c1-5-6-16(8-7-15(3)4)11-12(2)13-9-14-10-13/h12-14H,5-11H2,1-4H3. The van der Waals surface area contributed by atoms with Gasteiger partial charge in [0.2, 0.25) is 0 Å². The predicted molar refractivity (Wildman–Crippen MR) is 70.8 cm³/mol. The molecule has 1 saturated heterocycles. The molecule has 3 heteroatoms. The lowest BCUT2D eigenvalue weighted by atomic mass is 9.88. The second-order valence-corrected chi connectivity index (χ2v) is 5.50. The van der Waals surface area contributed by atoms with Crippen molar-refractivity contribution in [2.45, 2.75) is 20.3 Å². The van der Waals surface area contributed by atoms with Crippen molar-refractivity contribution >= 4 is 0 Å². The smallest absolute Gasteiger partial charge is 0.0109 e. The number of likely N-dealkylation sites (N-methyl/N-ethyl adjacent to an activating group) is 1. The fraction of sp³-hybridized carbons (Fsp3) is 1.00. The zero-order valence-corrected chi connectivity index (χ0v) is 11.5. The summed E-state index contributed by atoms with van der Waals surface area (Å²) in [6.07, 6.45) is 1.27. The normalized spacial score (nSPS) is 19.1. The van der Waals surface area contributed by atoms with Gasteiger partial charge in [0.1, 0.15) is 0 Å². The van der Waals surface area contributed by atoms with Gasteiger partial charge >= 0.3 is 0 Å². The molecule has 0 saturated carbocycles. The molecule has 1 N–H and O–H groups in total. The largest absolute Gasteiger partial charge is 0.316 e. The Kier molecular flexibility index (Phi) is 6.32. The first-order valence-electron chi connectivity index (χ1n) is 6.71. The highest BCUT2D eigenvalue weighted by atomic mass is 15.2. The Morgan fingerprint density at radius 3 is 2.31 bits per heavy atom. The number of hydrogen-bond acceptors (Lipinski definition) is 3. The number of hydrogen-bond donors (Lipinski definition) is 1. The SMILES string of the molecule is CCCN(CCN(C)C)CC(C)C1CNC1. The van der Waals surface area contributed by atoms with Gasteiger partial charge in [0.15, 0.2) is 0 Å². The Labute approximate surface area is 101 Å². The molecule has 96 valence electrons. The Hall–Kier alpha value is -0.120. The van der Waals surface area contributed by atoms with E-state index in [1.54, 1.807) is 0 Å². The van der Waals surface area contributed by atoms with E-state index < -0.39 is 0 Å². The van der Waals surface area contributed by atoms with E-state index in [9.17, 15) is 0 Å². The minimum atomic E-state index is 0.843. The second-order valence-electron chi connectivity index (χ2n) is 5.50. The summed E-state index contributed by atoms with van der Waals surface area (Å²) in [5, 5.41) is 3.37. The molecule has 1 atom stereocenters. The van der Waals surface area contributed by atoms with Gasteiger partial charge in [-0.05, 0) is 52.0 Å². The first kappa shape index (κ1) is 13.9. The lowest BCUT2D eigenvalue weighted by Crippen LogP contribution is -2.48. The highest BCUT2D eigenvalue weighted by molar-refractivity contribution is 4.81. The van der Waals surface area contributed by atoms with Gasteiger partial charge in [0.05, 0.1) is 0 Å². The van der Waals surface area contributed by atoms with Crippen LogP contribution in [0.25, 0.3) is 0 Å². The topological polar surface area (TPSA) is 18.5 Å². The summed E-state index contributed by atoms with van der Waals surface area (Å²) in [7, 11) is 4.31. The molecular formula is C13H29N3. The average molecular weight is 227 g/mol. The van der Waals surface area contributed by atoms with Crippen molar-refractivity contribution in [3.05, 3.63) is 0 Å². The molecule has 0 bridgehead atoms. The molecule has 0 aliphatic carbocycles. The summed E-state index contributed by atoms with van der Waals surface area (Å²) in [6, 6.07) is 0. The summed E-state index contributed by atoms with van der Waals surface area (Å²) < 4.78 is 0. The van der Waals surface area contributed by atoms with Gasteiger partial charge < -0.3 is 15.1 Å². The van der Waals surface area contributed by atoms with Crippen LogP contribution in [0.4, 0.5) is 0 Å². The predicted octanol–water partition coefficient (Wildman–Crippen LogP) is 1.12. The lowest BCUT2D eigenvalue weighted by Gasteiger charge is -2.36. The van der Waals surface area contributed by atoms with Gasteiger partial charge in [-0.25, -0.2) is 0 Å². The third kappa shape index (κ3) is 4.81. The van der Waals surface area contributed by atoms with Crippen molar-refractivity contribution in [2.24, 2.45) is 11.8 Å². The zero-order chi connectivity index (χ0) is 12.0. The molecule has 0 spiro atoms. The maximum atomic E-state index is 3.37. The maximum absolute atomic E-state index is 3.37. The number of rotatable bonds is 8. The summed E-state index contributed by atoms with van der Waals surface area (Å²) in [4.78, 5) is 4.90. The molecule has 1 rings (SSSR count). The van der Waals surface area contributed by atoms with E-state index in [2.05, 4.69) is 43.1 Å². The van der Waals surface area contributed by atoms with Crippen LogP contribution in [0.15, 0.2) is 0 Å². The number of nitrogens with zero attached hydrogens (tertiary/aromatic N) is 2. The minimum absolute atomic E-state index is 0.843. The third-order valence-electron chi connectivity index (χ3n) is 3.57. The highest BCUT2D eigenvalue weighted by Crippen LogP contribution is 2.17. The van der Waals surface area contributed by atoms with Crippen molar-refractivity contribution in [1.29, 1.82) is 0 Å². The third-order valence-corrected chi connectivity index (χ3v) is 3.57. The summed E-state index contributed by atoms with van der Waals surface area (Å²) in [5.74, 6) is 1.76. The molecule has 1 unspecified atom stereocenters. The van der Waals surface area contributed by atoms with Crippen LogP contribution < -0.4 is 5.32 Å². The average Bonchev–Trinajstić information content (AvgIpc) is 2.11. The Balaban J connectivity index is 2.24. The molecule has 0 radical (unpaired) electrons. The molecule has 0 amide bonds. The quantitative estimate of drug-likeness (QED) is 0.670. The van der Waals surface area contributed by atoms with Crippen LogP contribution >= 0.6 is 0 Å². The zero-order valence-electron chi connectivity index (χ0n) is 11.5. The van der Waals surface area contributed by atoms with E-state index in [-0.39, 0.29) is 0 Å². The molecule has 3 nitrogen and oxygen atoms in total. The fourth-order valence-electron chi connectivity index (χ4n) is 2.22. The second kappa shape index (κ2) is 7.25. The molecule has 0 aromatic rings. The van der Waals surface area contributed by atoms with E-state index >= 15 is 0 Å². The van der Waals surface area contributed by atoms with Gasteiger partial charge in [-0.3, -0.25) is 0 Å². The van der Waals surface area contributed by atoms with E-state index in [1.165, 1.54) is 45.7 Å². The Bertz CT molecular complexity index is 178. The van der Waals surface area contributed by atoms with Gasteiger partial charge in [-0.2, -0.15) is 0 Å². The van der Waals surface area contributed by atoms with E-state index in [0.717, 1.165) is 11.8 Å². The van der Waals surface area contributed by atoms with Crippen molar-refractivity contribution in [2.75, 3.05) is 53.4 Å². The molecule has 0 aromatic carbocycles. The molecule has 1 aliphatic heterocycles. The van der Waals surface area contributed by atoms with Gasteiger partial charge in [0.25, 0.3) is 0 Å². The van der Waals surface area contributed by atoms with Crippen molar-refractivity contribution in [3.8, 4) is 0 Å². The van der Waals surface area contributed by atoms with Crippen LogP contribution in [0.5, 0.6) is 0 Å². The Morgan fingerprint density at radius 1 is 1.19 bits per heavy atom. The van der Waals surface area contributed by atoms with Crippen LogP contribution in [-0.2, 0) is 0 Å². The molecule has 1 fully saturated rings. The van der Waals surface area contributed by atoms with Gasteiger partial charge in [0, 0.05) is 19.6 Å². The molecule has 1 aliphatic rings. The Morgan fingerprint density at radius 2 is 1.88 bits per heavy atom. The van der Waals surface area contributed by atoms with Crippen LogP contribution in [-0.4, -0.2) is 63.2 Å². The van der Waals surface area contributed by atoms with Gasteiger partial charge in [-0.15, -0.1) is 0 Å². The minimum Gasteiger partial charge on any atom is -0.316 e. The summed E-state index contributed by atoms with van der Waals surface area (Å²) >= 11 is 0. The van der Waals surface area contributed by atoms with E-state index in [4.69, 9.17) is 0 Å². The maximum Gasteiger partial charge on any atom is 0.0109 e. The van der Waals surface area contributed by atoms with Crippen molar-refractivity contribution < 1.29 is 0 Å². The van der Waals surface area contributed by atoms with Crippen LogP contribution in [0.2, 0.25) is 0 Å². The molecule has 16 heavy (non-hydrogen) atoms. The summed E-state index contributed by atoms with van der Waals surface area (Å²) in [6.45, 7) is 12.1. The first-order valence-corrected chi connectivity index (χ1v) is 6.71. The van der Waals surface area contributed by atoms with Crippen molar-refractivity contribution in [3.63, 3.8) is 0 Å². The molecular weight excluding hydrogens is 198 g/mol. The monoisotopic (exact) mass is 227 g/mol. The number of nitrogens with one attached hydrogen (secondary N) is 1.